The lowest BCUT2D eigenvalue weighted by molar-refractivity contribution is -0.118. The molecule has 1 aromatic rings. The van der Waals surface area contributed by atoms with Gasteiger partial charge in [0.25, 0.3) is 0 Å². The molecule has 0 unspecified atom stereocenters. The highest BCUT2D eigenvalue weighted by Crippen LogP contribution is 2.05. The number of hydrogen-bond acceptors (Lipinski definition) is 6. The summed E-state index contributed by atoms with van der Waals surface area (Å²) in [4.78, 5) is 10.5. The van der Waals surface area contributed by atoms with Crippen LogP contribution in [-0.4, -0.2) is 29.2 Å². The molecule has 18 heavy (non-hydrogen) atoms. The minimum atomic E-state index is -0.305. The molecule has 0 aliphatic carbocycles. The number of hydrogen-bond donors (Lipinski definition) is 3. The van der Waals surface area contributed by atoms with Crippen LogP contribution in [-0.2, 0) is 11.3 Å². The number of carbonyl (C=O) groups is 1. The number of primary amides is 1. The molecule has 1 amide bonds. The first-order valence-corrected chi connectivity index (χ1v) is 6.13. The second-order valence-corrected chi connectivity index (χ2v) is 4.52. The summed E-state index contributed by atoms with van der Waals surface area (Å²) in [6.07, 6.45) is 1.00. The summed E-state index contributed by atoms with van der Waals surface area (Å²) >= 11 is 0. The van der Waals surface area contributed by atoms with Gasteiger partial charge in [0.05, 0.1) is 6.54 Å². The highest BCUT2D eigenvalue weighted by molar-refractivity contribution is 5.73. The normalized spacial score (nSPS) is 10.8. The first kappa shape index (κ1) is 14.4. The molecular formula is C11H21N5O2. The average Bonchev–Trinajstić information content (AvgIpc) is 2.72. The molecule has 0 spiro atoms. The summed E-state index contributed by atoms with van der Waals surface area (Å²) in [5, 5.41) is 13.9. The number of nitrogens with one attached hydrogen (secondary N) is 2. The smallest absolute Gasteiger partial charge is 0.315 e. The Bertz CT molecular complexity index is 364. The fourth-order valence-corrected chi connectivity index (χ4v) is 1.32. The Balaban J connectivity index is 2.19. The van der Waals surface area contributed by atoms with Gasteiger partial charge in [0.2, 0.25) is 11.8 Å². The van der Waals surface area contributed by atoms with Crippen LogP contribution >= 0.6 is 0 Å². The summed E-state index contributed by atoms with van der Waals surface area (Å²) in [6, 6.07) is 0.376. The number of amides is 1. The Kier molecular flexibility index (Phi) is 6.13. The highest BCUT2D eigenvalue weighted by Gasteiger charge is 2.05. The van der Waals surface area contributed by atoms with Crippen molar-refractivity contribution in [2.75, 3.05) is 18.4 Å². The van der Waals surface area contributed by atoms with E-state index in [-0.39, 0.29) is 5.91 Å². The standard InChI is InChI=1S/C11H21N5O2/c1-8(2)6-13-7-10-15-16-11(18-10)14-5-3-4-9(12)17/h8,13H,3-7H2,1-2H3,(H2,12,17)(H,14,16). The Morgan fingerprint density at radius 2 is 2.22 bits per heavy atom. The summed E-state index contributed by atoms with van der Waals surface area (Å²) < 4.78 is 5.36. The molecule has 0 aliphatic heterocycles. The molecule has 102 valence electrons. The van der Waals surface area contributed by atoms with Crippen LogP contribution in [0.25, 0.3) is 0 Å². The maximum absolute atomic E-state index is 10.5. The number of rotatable bonds is 9. The van der Waals surface area contributed by atoms with Crippen LogP contribution in [0.1, 0.15) is 32.6 Å². The second kappa shape index (κ2) is 7.65. The summed E-state index contributed by atoms with van der Waals surface area (Å²) in [6.45, 7) is 6.32. The van der Waals surface area contributed by atoms with Crippen molar-refractivity contribution in [3.63, 3.8) is 0 Å². The molecule has 0 radical (unpaired) electrons. The van der Waals surface area contributed by atoms with E-state index in [0.717, 1.165) is 6.54 Å². The minimum Gasteiger partial charge on any atom is -0.407 e. The Morgan fingerprint density at radius 3 is 2.89 bits per heavy atom. The van der Waals surface area contributed by atoms with Crippen molar-refractivity contribution in [1.82, 2.24) is 15.5 Å². The van der Waals surface area contributed by atoms with Gasteiger partial charge < -0.3 is 20.8 Å². The van der Waals surface area contributed by atoms with Crippen molar-refractivity contribution >= 4 is 11.9 Å². The number of aromatic nitrogens is 2. The third-order valence-electron chi connectivity index (χ3n) is 2.17. The maximum Gasteiger partial charge on any atom is 0.315 e. The predicted molar refractivity (Wildman–Crippen MR) is 67.8 cm³/mol. The van der Waals surface area contributed by atoms with Crippen LogP contribution in [0.3, 0.4) is 0 Å². The fourth-order valence-electron chi connectivity index (χ4n) is 1.32. The van der Waals surface area contributed by atoms with Crippen LogP contribution in [0.5, 0.6) is 0 Å². The average molecular weight is 255 g/mol. The van der Waals surface area contributed by atoms with E-state index >= 15 is 0 Å². The molecule has 0 bridgehead atoms. The van der Waals surface area contributed by atoms with Gasteiger partial charge in [-0.05, 0) is 18.9 Å². The lowest BCUT2D eigenvalue weighted by Crippen LogP contribution is -2.19. The van der Waals surface area contributed by atoms with E-state index in [9.17, 15) is 4.79 Å². The molecule has 1 aromatic heterocycles. The van der Waals surface area contributed by atoms with Crippen LogP contribution in [0.2, 0.25) is 0 Å². The van der Waals surface area contributed by atoms with Gasteiger partial charge in [-0.3, -0.25) is 4.79 Å². The molecule has 7 heteroatoms. The largest absolute Gasteiger partial charge is 0.407 e. The topological polar surface area (TPSA) is 106 Å². The van der Waals surface area contributed by atoms with Gasteiger partial charge in [0.15, 0.2) is 0 Å². The SMILES string of the molecule is CC(C)CNCc1nnc(NCCCC(N)=O)o1. The van der Waals surface area contributed by atoms with E-state index in [0.29, 0.717) is 43.8 Å². The van der Waals surface area contributed by atoms with Gasteiger partial charge in [-0.15, -0.1) is 5.10 Å². The third-order valence-corrected chi connectivity index (χ3v) is 2.17. The van der Waals surface area contributed by atoms with Crippen LogP contribution in [0, 0.1) is 5.92 Å². The number of anilines is 1. The molecule has 1 heterocycles. The molecule has 4 N–H and O–H groups in total. The van der Waals surface area contributed by atoms with Gasteiger partial charge in [-0.1, -0.05) is 18.9 Å². The molecule has 0 saturated carbocycles. The van der Waals surface area contributed by atoms with Crippen molar-refractivity contribution in [2.24, 2.45) is 11.7 Å². The van der Waals surface area contributed by atoms with Crippen molar-refractivity contribution < 1.29 is 9.21 Å². The molecule has 0 saturated heterocycles. The monoisotopic (exact) mass is 255 g/mol. The van der Waals surface area contributed by atoms with E-state index in [1.807, 2.05) is 0 Å². The fraction of sp³-hybridized carbons (Fsp3) is 0.727. The van der Waals surface area contributed by atoms with E-state index < -0.39 is 0 Å². The summed E-state index contributed by atoms with van der Waals surface area (Å²) in [7, 11) is 0. The zero-order chi connectivity index (χ0) is 13.4. The Morgan fingerprint density at radius 1 is 1.44 bits per heavy atom. The Labute approximate surface area is 107 Å². The molecule has 0 atom stereocenters. The third kappa shape index (κ3) is 6.19. The van der Waals surface area contributed by atoms with Gasteiger partial charge >= 0.3 is 6.01 Å². The zero-order valence-corrected chi connectivity index (χ0v) is 10.9. The Hall–Kier alpha value is -1.63. The van der Waals surface area contributed by atoms with Gasteiger partial charge in [0.1, 0.15) is 0 Å². The second-order valence-electron chi connectivity index (χ2n) is 4.52. The zero-order valence-electron chi connectivity index (χ0n) is 10.9. The lowest BCUT2D eigenvalue weighted by atomic mass is 10.2. The van der Waals surface area contributed by atoms with Crippen molar-refractivity contribution in [3.8, 4) is 0 Å². The number of carbonyl (C=O) groups excluding carboxylic acids is 1. The van der Waals surface area contributed by atoms with Crippen molar-refractivity contribution in [1.29, 1.82) is 0 Å². The number of nitrogens with two attached hydrogens (primary N) is 1. The van der Waals surface area contributed by atoms with Crippen LogP contribution in [0.4, 0.5) is 6.01 Å². The molecule has 7 nitrogen and oxygen atoms in total. The van der Waals surface area contributed by atoms with E-state index in [1.165, 1.54) is 0 Å². The molecule has 1 rings (SSSR count). The number of nitrogens with zero attached hydrogens (tertiary/aromatic N) is 2. The summed E-state index contributed by atoms with van der Waals surface area (Å²) in [5.74, 6) is 0.827. The van der Waals surface area contributed by atoms with Crippen LogP contribution in [0.15, 0.2) is 4.42 Å². The maximum atomic E-state index is 10.5. The predicted octanol–water partition coefficient (Wildman–Crippen LogP) is 0.493. The van der Waals surface area contributed by atoms with E-state index in [4.69, 9.17) is 10.2 Å². The van der Waals surface area contributed by atoms with Gasteiger partial charge in [-0.2, -0.15) is 0 Å². The quantitative estimate of drug-likeness (QED) is 0.555. The lowest BCUT2D eigenvalue weighted by Gasteiger charge is -2.03. The molecule has 0 aliphatic rings. The van der Waals surface area contributed by atoms with E-state index in [2.05, 4.69) is 34.7 Å². The van der Waals surface area contributed by atoms with Gasteiger partial charge in [0, 0.05) is 13.0 Å². The van der Waals surface area contributed by atoms with E-state index in [1.54, 1.807) is 0 Å². The highest BCUT2D eigenvalue weighted by atomic mass is 16.4. The first-order valence-electron chi connectivity index (χ1n) is 6.13. The molecular weight excluding hydrogens is 234 g/mol. The van der Waals surface area contributed by atoms with Crippen LogP contribution < -0.4 is 16.4 Å². The van der Waals surface area contributed by atoms with Crippen molar-refractivity contribution in [2.45, 2.75) is 33.2 Å². The van der Waals surface area contributed by atoms with Crippen molar-refractivity contribution in [3.05, 3.63) is 5.89 Å². The molecule has 0 aromatic carbocycles. The minimum absolute atomic E-state index is 0.305. The van der Waals surface area contributed by atoms with Gasteiger partial charge in [-0.25, -0.2) is 0 Å². The molecule has 0 fully saturated rings. The first-order chi connectivity index (χ1) is 8.58. The summed E-state index contributed by atoms with van der Waals surface area (Å²) in [5.41, 5.74) is 5.03.